The Bertz CT molecular complexity index is 400. The summed E-state index contributed by atoms with van der Waals surface area (Å²) in [4.78, 5) is 3.87. The molecule has 78 valence electrons. The van der Waals surface area contributed by atoms with E-state index in [2.05, 4.69) is 22.4 Å². The zero-order valence-corrected chi connectivity index (χ0v) is 9.05. The van der Waals surface area contributed by atoms with Gasteiger partial charge in [0.15, 0.2) is 11.5 Å². The fourth-order valence-corrected chi connectivity index (χ4v) is 1.57. The minimum absolute atomic E-state index is 0.620. The normalized spacial score (nSPS) is 13.1. The Morgan fingerprint density at radius 3 is 2.87 bits per heavy atom. The first-order valence-corrected chi connectivity index (χ1v) is 5.23. The summed E-state index contributed by atoms with van der Waals surface area (Å²) in [5.41, 5.74) is 1.17. The molecule has 0 amide bonds. The molecule has 15 heavy (non-hydrogen) atoms. The van der Waals surface area contributed by atoms with Crippen molar-refractivity contribution < 1.29 is 9.47 Å². The summed E-state index contributed by atoms with van der Waals surface area (Å²) in [6.07, 6.45) is 0.848. The van der Waals surface area contributed by atoms with Crippen molar-refractivity contribution in [2.75, 3.05) is 19.8 Å². The molecule has 0 aliphatic carbocycles. The van der Waals surface area contributed by atoms with Gasteiger partial charge >= 0.3 is 0 Å². The first kappa shape index (κ1) is 10.1. The fraction of sp³-hybridized carbons (Fsp3) is 0.364. The molecule has 0 saturated heterocycles. The van der Waals surface area contributed by atoms with Crippen LogP contribution >= 0.6 is 12.2 Å². The van der Waals surface area contributed by atoms with E-state index in [1.807, 2.05) is 18.2 Å². The molecule has 1 heterocycles. The van der Waals surface area contributed by atoms with Crippen LogP contribution in [0.4, 0.5) is 0 Å². The van der Waals surface area contributed by atoms with Gasteiger partial charge in [0.05, 0.1) is 11.7 Å². The molecule has 0 saturated carbocycles. The zero-order chi connectivity index (χ0) is 10.5. The van der Waals surface area contributed by atoms with Crippen molar-refractivity contribution in [3.05, 3.63) is 23.8 Å². The first-order chi connectivity index (χ1) is 7.40. The predicted molar refractivity (Wildman–Crippen MR) is 61.0 cm³/mol. The number of fused-ring (bicyclic) bond motifs is 1. The highest BCUT2D eigenvalue weighted by Gasteiger charge is 2.11. The largest absolute Gasteiger partial charge is 0.486 e. The molecule has 3 nitrogen and oxygen atoms in total. The maximum Gasteiger partial charge on any atom is 0.161 e. The van der Waals surface area contributed by atoms with Crippen molar-refractivity contribution >= 4 is 17.4 Å². The van der Waals surface area contributed by atoms with Gasteiger partial charge in [0, 0.05) is 0 Å². The second kappa shape index (κ2) is 4.91. The third kappa shape index (κ3) is 2.55. The smallest absolute Gasteiger partial charge is 0.161 e. The van der Waals surface area contributed by atoms with Gasteiger partial charge in [-0.1, -0.05) is 6.07 Å². The Morgan fingerprint density at radius 1 is 1.27 bits per heavy atom. The predicted octanol–water partition coefficient (Wildman–Crippen LogP) is 2.10. The van der Waals surface area contributed by atoms with Crippen LogP contribution < -0.4 is 9.47 Å². The number of ether oxygens (including phenoxy) is 2. The molecule has 0 bridgehead atoms. The minimum Gasteiger partial charge on any atom is -0.486 e. The molecule has 1 aromatic rings. The van der Waals surface area contributed by atoms with Gasteiger partial charge < -0.3 is 9.47 Å². The molecule has 4 heteroatoms. The van der Waals surface area contributed by atoms with Gasteiger partial charge in [0.1, 0.15) is 13.2 Å². The van der Waals surface area contributed by atoms with Crippen LogP contribution in [0.15, 0.2) is 23.2 Å². The maximum atomic E-state index is 5.48. The molecule has 0 spiro atoms. The van der Waals surface area contributed by atoms with Crippen LogP contribution in [0.25, 0.3) is 0 Å². The number of thiocarbonyl (C=S) groups is 1. The van der Waals surface area contributed by atoms with Gasteiger partial charge in [-0.25, -0.2) is 4.99 Å². The SMILES string of the molecule is S=C=NCCc1ccc2c(c1)OCCO2. The van der Waals surface area contributed by atoms with Crippen LogP contribution in [0.1, 0.15) is 5.56 Å². The average Bonchev–Trinajstić information content (AvgIpc) is 2.29. The number of hydrogen-bond donors (Lipinski definition) is 0. The van der Waals surface area contributed by atoms with E-state index in [-0.39, 0.29) is 0 Å². The summed E-state index contributed by atoms with van der Waals surface area (Å²) in [5.74, 6) is 1.65. The highest BCUT2D eigenvalue weighted by Crippen LogP contribution is 2.30. The molecule has 0 unspecified atom stereocenters. The highest BCUT2D eigenvalue weighted by molar-refractivity contribution is 7.78. The van der Waals surface area contributed by atoms with E-state index in [9.17, 15) is 0 Å². The van der Waals surface area contributed by atoms with E-state index in [4.69, 9.17) is 9.47 Å². The van der Waals surface area contributed by atoms with E-state index < -0.39 is 0 Å². The Morgan fingerprint density at radius 2 is 2.07 bits per heavy atom. The molecular weight excluding hydrogens is 210 g/mol. The molecule has 0 N–H and O–H groups in total. The number of isothiocyanates is 1. The highest BCUT2D eigenvalue weighted by atomic mass is 32.1. The van der Waals surface area contributed by atoms with Crippen molar-refractivity contribution in [3.8, 4) is 11.5 Å². The number of benzene rings is 1. The zero-order valence-electron chi connectivity index (χ0n) is 8.23. The van der Waals surface area contributed by atoms with Gasteiger partial charge in [0.25, 0.3) is 0 Å². The molecule has 0 fully saturated rings. The van der Waals surface area contributed by atoms with Crippen molar-refractivity contribution in [2.45, 2.75) is 6.42 Å². The molecule has 1 aromatic carbocycles. The lowest BCUT2D eigenvalue weighted by Crippen LogP contribution is -2.15. The van der Waals surface area contributed by atoms with Crippen molar-refractivity contribution in [1.82, 2.24) is 0 Å². The first-order valence-electron chi connectivity index (χ1n) is 4.82. The fourth-order valence-electron chi connectivity index (χ4n) is 1.47. The lowest BCUT2D eigenvalue weighted by atomic mass is 10.1. The molecule has 2 rings (SSSR count). The Kier molecular flexibility index (Phi) is 3.33. The summed E-state index contributed by atoms with van der Waals surface area (Å²) in [6, 6.07) is 5.95. The van der Waals surface area contributed by atoms with Crippen LogP contribution in [0.2, 0.25) is 0 Å². The Balaban J connectivity index is 2.09. The second-order valence-corrected chi connectivity index (χ2v) is 3.38. The third-order valence-corrected chi connectivity index (χ3v) is 2.31. The summed E-state index contributed by atoms with van der Waals surface area (Å²) in [7, 11) is 0. The van der Waals surface area contributed by atoms with Crippen molar-refractivity contribution in [3.63, 3.8) is 0 Å². The summed E-state index contributed by atoms with van der Waals surface area (Å²) < 4.78 is 10.9. The average molecular weight is 221 g/mol. The standard InChI is InChI=1S/C11H11NO2S/c15-8-12-4-3-9-1-2-10-11(7-9)14-6-5-13-10/h1-2,7H,3-6H2. The molecule has 1 aliphatic rings. The Hall–Kier alpha value is -1.38. The molecular formula is C11H11NO2S. The number of hydrogen-bond acceptors (Lipinski definition) is 4. The van der Waals surface area contributed by atoms with Crippen molar-refractivity contribution in [2.24, 2.45) is 4.99 Å². The minimum atomic E-state index is 0.620. The van der Waals surface area contributed by atoms with Gasteiger partial charge in [0.2, 0.25) is 0 Å². The van der Waals surface area contributed by atoms with E-state index in [1.54, 1.807) is 0 Å². The van der Waals surface area contributed by atoms with Gasteiger partial charge in [-0.05, 0) is 36.3 Å². The number of aliphatic imine (C=N–C) groups is 1. The van der Waals surface area contributed by atoms with E-state index in [1.165, 1.54) is 5.56 Å². The summed E-state index contributed by atoms with van der Waals surface area (Å²) in [6.45, 7) is 1.92. The quantitative estimate of drug-likeness (QED) is 0.578. The summed E-state index contributed by atoms with van der Waals surface area (Å²) in [5, 5.41) is 2.35. The van der Waals surface area contributed by atoms with E-state index >= 15 is 0 Å². The lowest BCUT2D eigenvalue weighted by molar-refractivity contribution is 0.171. The van der Waals surface area contributed by atoms with Crippen LogP contribution in [-0.2, 0) is 6.42 Å². The third-order valence-electron chi connectivity index (χ3n) is 2.18. The molecule has 1 aliphatic heterocycles. The summed E-state index contributed by atoms with van der Waals surface area (Å²) >= 11 is 4.50. The monoisotopic (exact) mass is 221 g/mol. The van der Waals surface area contributed by atoms with E-state index in [0.717, 1.165) is 17.9 Å². The molecule has 0 atom stereocenters. The molecule has 0 aromatic heterocycles. The van der Waals surface area contributed by atoms with Gasteiger partial charge in [-0.15, -0.1) is 0 Å². The topological polar surface area (TPSA) is 30.8 Å². The van der Waals surface area contributed by atoms with Crippen molar-refractivity contribution in [1.29, 1.82) is 0 Å². The second-order valence-electron chi connectivity index (χ2n) is 3.20. The van der Waals surface area contributed by atoms with Crippen LogP contribution in [-0.4, -0.2) is 24.9 Å². The van der Waals surface area contributed by atoms with Gasteiger partial charge in [-0.2, -0.15) is 0 Å². The maximum absolute atomic E-state index is 5.48. The van der Waals surface area contributed by atoms with Crippen LogP contribution in [0, 0.1) is 0 Å². The molecule has 0 radical (unpaired) electrons. The lowest BCUT2D eigenvalue weighted by Gasteiger charge is -2.18. The van der Waals surface area contributed by atoms with Gasteiger partial charge in [-0.3, -0.25) is 0 Å². The number of rotatable bonds is 3. The van der Waals surface area contributed by atoms with E-state index in [0.29, 0.717) is 19.8 Å². The van der Waals surface area contributed by atoms with Crippen LogP contribution in [0.3, 0.4) is 0 Å². The Labute approximate surface area is 93.7 Å². The number of nitrogens with zero attached hydrogens (tertiary/aromatic N) is 1. The van der Waals surface area contributed by atoms with Crippen LogP contribution in [0.5, 0.6) is 11.5 Å².